The maximum Gasteiger partial charge on any atom is 0.233 e. The lowest BCUT2D eigenvalue weighted by Gasteiger charge is -2.20. The van der Waals surface area contributed by atoms with E-state index in [1.807, 2.05) is 19.2 Å². The van der Waals surface area contributed by atoms with Gasteiger partial charge in [0, 0.05) is 24.1 Å². The second-order valence-electron chi connectivity index (χ2n) is 6.67. The Balaban J connectivity index is 1.62. The Morgan fingerprint density at radius 3 is 2.85 bits per heavy atom. The summed E-state index contributed by atoms with van der Waals surface area (Å²) in [6.45, 7) is 5.44. The number of hydrogen-bond acceptors (Lipinski definition) is 5. The van der Waals surface area contributed by atoms with E-state index < -0.39 is 0 Å². The molecule has 1 fully saturated rings. The molecule has 2 aromatic rings. The van der Waals surface area contributed by atoms with Gasteiger partial charge in [-0.15, -0.1) is 11.3 Å². The molecule has 26 heavy (non-hydrogen) atoms. The third-order valence-electron chi connectivity index (χ3n) is 4.24. The van der Waals surface area contributed by atoms with Gasteiger partial charge in [0.1, 0.15) is 5.82 Å². The zero-order chi connectivity index (χ0) is 18.5. The molecule has 0 saturated carbocycles. The molecule has 2 atom stereocenters. The van der Waals surface area contributed by atoms with Crippen molar-refractivity contribution in [2.45, 2.75) is 42.4 Å². The van der Waals surface area contributed by atoms with Gasteiger partial charge < -0.3 is 10.1 Å². The average Bonchev–Trinajstić information content (AvgIpc) is 3.30. The van der Waals surface area contributed by atoms with Gasteiger partial charge in [-0.05, 0) is 43.0 Å². The van der Waals surface area contributed by atoms with Gasteiger partial charge in [0.05, 0.1) is 17.0 Å². The second-order valence-corrected chi connectivity index (χ2v) is 8.91. The number of aromatic nitrogens is 1. The van der Waals surface area contributed by atoms with Crippen molar-refractivity contribution in [1.82, 2.24) is 10.3 Å². The van der Waals surface area contributed by atoms with Crippen LogP contribution in [0.1, 0.15) is 26.7 Å². The Hall–Kier alpha value is -1.44. The minimum absolute atomic E-state index is 0.0269. The van der Waals surface area contributed by atoms with Crippen LogP contribution in [0.5, 0.6) is 0 Å². The topological polar surface area (TPSA) is 51.2 Å². The van der Waals surface area contributed by atoms with Gasteiger partial charge >= 0.3 is 0 Å². The van der Waals surface area contributed by atoms with Crippen LogP contribution in [-0.4, -0.2) is 35.4 Å². The first-order valence-corrected chi connectivity index (χ1v) is 10.6. The Morgan fingerprint density at radius 2 is 2.19 bits per heavy atom. The zero-order valence-electron chi connectivity index (χ0n) is 14.9. The van der Waals surface area contributed by atoms with E-state index in [4.69, 9.17) is 4.74 Å². The highest BCUT2D eigenvalue weighted by Crippen LogP contribution is 2.33. The molecule has 0 radical (unpaired) electrons. The molecule has 1 aliphatic rings. The molecule has 2 heterocycles. The van der Waals surface area contributed by atoms with E-state index in [1.165, 1.54) is 35.2 Å². The quantitative estimate of drug-likeness (QED) is 0.709. The smallest absolute Gasteiger partial charge is 0.233 e. The van der Waals surface area contributed by atoms with Gasteiger partial charge in [-0.25, -0.2) is 9.37 Å². The zero-order valence-corrected chi connectivity index (χ0v) is 16.5. The largest absolute Gasteiger partial charge is 0.376 e. The van der Waals surface area contributed by atoms with Crippen LogP contribution in [0.2, 0.25) is 0 Å². The number of halogens is 1. The first kappa shape index (κ1) is 19.3. The fourth-order valence-electron chi connectivity index (χ4n) is 2.79. The molecule has 1 aromatic carbocycles. The monoisotopic (exact) mass is 394 g/mol. The number of carbonyl (C=O) groups is 1. The molecule has 1 aliphatic heterocycles. The molecule has 0 spiro atoms. The molecular formula is C19H23FN2O2S2. The molecule has 140 valence electrons. The lowest BCUT2D eigenvalue weighted by atomic mass is 10.1. The Labute approximate surface area is 161 Å². The minimum Gasteiger partial charge on any atom is -0.376 e. The summed E-state index contributed by atoms with van der Waals surface area (Å²) in [6.07, 6.45) is 2.21. The first-order chi connectivity index (χ1) is 12.5. The maximum atomic E-state index is 13.1. The van der Waals surface area contributed by atoms with E-state index in [0.29, 0.717) is 6.54 Å². The third kappa shape index (κ3) is 5.05. The van der Waals surface area contributed by atoms with Crippen LogP contribution in [0.15, 0.2) is 34.0 Å². The summed E-state index contributed by atoms with van der Waals surface area (Å²) >= 11 is 3.00. The van der Waals surface area contributed by atoms with Crippen molar-refractivity contribution in [2.75, 3.05) is 13.2 Å². The number of rotatable bonds is 7. The Morgan fingerprint density at radius 1 is 1.42 bits per heavy atom. The van der Waals surface area contributed by atoms with E-state index in [9.17, 15) is 9.18 Å². The summed E-state index contributed by atoms with van der Waals surface area (Å²) in [6, 6.07) is 6.29. The van der Waals surface area contributed by atoms with E-state index in [-0.39, 0.29) is 29.0 Å². The Kier molecular flexibility index (Phi) is 6.67. The van der Waals surface area contributed by atoms with E-state index >= 15 is 0 Å². The van der Waals surface area contributed by atoms with Crippen LogP contribution in [0.3, 0.4) is 0 Å². The molecule has 2 unspecified atom stereocenters. The lowest BCUT2D eigenvalue weighted by molar-refractivity contribution is -0.121. The molecule has 1 amide bonds. The molecule has 0 aliphatic carbocycles. The number of amides is 1. The standard InChI is InChI=1S/C19H23FN2O2S2/c1-12(2)17(18(23)21-10-15-4-3-9-24-15)26-19-22-16(11-25-19)13-5-7-14(20)8-6-13/h5-8,11-12,15,17H,3-4,9-10H2,1-2H3,(H,21,23). The van der Waals surface area contributed by atoms with Crippen molar-refractivity contribution in [2.24, 2.45) is 5.92 Å². The van der Waals surface area contributed by atoms with Crippen molar-refractivity contribution in [3.63, 3.8) is 0 Å². The van der Waals surface area contributed by atoms with Crippen LogP contribution in [-0.2, 0) is 9.53 Å². The third-order valence-corrected chi connectivity index (χ3v) is 6.76. The van der Waals surface area contributed by atoms with Crippen molar-refractivity contribution >= 4 is 29.0 Å². The molecule has 1 N–H and O–H groups in total. The van der Waals surface area contributed by atoms with Crippen LogP contribution < -0.4 is 5.32 Å². The molecule has 0 bridgehead atoms. The normalized spacial score (nSPS) is 18.2. The molecular weight excluding hydrogens is 371 g/mol. The van der Waals surface area contributed by atoms with Crippen molar-refractivity contribution in [3.05, 3.63) is 35.5 Å². The number of thiazole rings is 1. The van der Waals surface area contributed by atoms with Gasteiger partial charge in [-0.1, -0.05) is 25.6 Å². The predicted octanol–water partition coefficient (Wildman–Crippen LogP) is 4.36. The first-order valence-electron chi connectivity index (χ1n) is 8.80. The Bertz CT molecular complexity index is 727. The minimum atomic E-state index is -0.263. The van der Waals surface area contributed by atoms with Crippen LogP contribution in [0.25, 0.3) is 11.3 Å². The number of thioether (sulfide) groups is 1. The predicted molar refractivity (Wildman–Crippen MR) is 104 cm³/mol. The molecule has 3 rings (SSSR count). The highest BCUT2D eigenvalue weighted by atomic mass is 32.2. The fourth-order valence-corrected chi connectivity index (χ4v) is 4.85. The summed E-state index contributed by atoms with van der Waals surface area (Å²) < 4.78 is 19.5. The van der Waals surface area contributed by atoms with Gasteiger partial charge in [0.2, 0.25) is 5.91 Å². The summed E-state index contributed by atoms with van der Waals surface area (Å²) in [5, 5.41) is 4.76. The number of nitrogens with zero attached hydrogens (tertiary/aromatic N) is 1. The van der Waals surface area contributed by atoms with Crippen molar-refractivity contribution in [1.29, 1.82) is 0 Å². The van der Waals surface area contributed by atoms with Crippen LogP contribution in [0, 0.1) is 11.7 Å². The fraction of sp³-hybridized carbons (Fsp3) is 0.474. The van der Waals surface area contributed by atoms with Gasteiger partial charge in [-0.3, -0.25) is 4.79 Å². The van der Waals surface area contributed by atoms with Crippen LogP contribution in [0.4, 0.5) is 4.39 Å². The van der Waals surface area contributed by atoms with Crippen molar-refractivity contribution in [3.8, 4) is 11.3 Å². The highest BCUT2D eigenvalue weighted by molar-refractivity contribution is 8.02. The average molecular weight is 395 g/mol. The SMILES string of the molecule is CC(C)C(Sc1nc(-c2ccc(F)cc2)cs1)C(=O)NCC1CCCO1. The molecule has 4 nitrogen and oxygen atoms in total. The van der Waals surface area contributed by atoms with Gasteiger partial charge in [0.15, 0.2) is 4.34 Å². The molecule has 1 saturated heterocycles. The lowest BCUT2D eigenvalue weighted by Crippen LogP contribution is -2.39. The van der Waals surface area contributed by atoms with E-state index in [0.717, 1.165) is 35.0 Å². The van der Waals surface area contributed by atoms with Crippen LogP contribution >= 0.6 is 23.1 Å². The van der Waals surface area contributed by atoms with Gasteiger partial charge in [-0.2, -0.15) is 0 Å². The summed E-state index contributed by atoms with van der Waals surface area (Å²) in [4.78, 5) is 17.2. The van der Waals surface area contributed by atoms with E-state index in [2.05, 4.69) is 10.3 Å². The highest BCUT2D eigenvalue weighted by Gasteiger charge is 2.26. The summed E-state index contributed by atoms with van der Waals surface area (Å²) in [5.41, 5.74) is 1.68. The number of ether oxygens (including phenoxy) is 1. The molecule has 7 heteroatoms. The van der Waals surface area contributed by atoms with Crippen molar-refractivity contribution < 1.29 is 13.9 Å². The number of carbonyl (C=O) groups excluding carboxylic acids is 1. The molecule has 1 aromatic heterocycles. The summed E-state index contributed by atoms with van der Waals surface area (Å²) in [7, 11) is 0. The van der Waals surface area contributed by atoms with Gasteiger partial charge in [0.25, 0.3) is 0 Å². The maximum absolute atomic E-state index is 13.1. The second kappa shape index (κ2) is 8.97. The summed E-state index contributed by atoms with van der Waals surface area (Å²) in [5.74, 6) is -0.0527. The number of benzene rings is 1. The van der Waals surface area contributed by atoms with E-state index in [1.54, 1.807) is 12.1 Å². The number of hydrogen-bond donors (Lipinski definition) is 1. The number of nitrogens with one attached hydrogen (secondary N) is 1.